The lowest BCUT2D eigenvalue weighted by Crippen LogP contribution is -2.32. The van der Waals surface area contributed by atoms with Gasteiger partial charge in [-0.3, -0.25) is 0 Å². The highest BCUT2D eigenvalue weighted by atomic mass is 14.9. The standard InChI is InChI=1S/C10H14N/c1-8-5-6-11(2)10(7-8)9-3-4-9/h5-7,9H,3-4H2,1-2H3/q+1. The quantitative estimate of drug-likeness (QED) is 0.534. The molecule has 58 valence electrons. The Morgan fingerprint density at radius 3 is 2.82 bits per heavy atom. The van der Waals surface area contributed by atoms with Crippen molar-refractivity contribution in [3.8, 4) is 0 Å². The van der Waals surface area contributed by atoms with E-state index >= 15 is 0 Å². The highest BCUT2D eigenvalue weighted by Gasteiger charge is 2.30. The van der Waals surface area contributed by atoms with Crippen LogP contribution >= 0.6 is 0 Å². The van der Waals surface area contributed by atoms with Gasteiger partial charge in [0.2, 0.25) is 0 Å². The van der Waals surface area contributed by atoms with Crippen molar-refractivity contribution in [3.63, 3.8) is 0 Å². The molecule has 1 fully saturated rings. The Morgan fingerprint density at radius 1 is 1.45 bits per heavy atom. The lowest BCUT2D eigenvalue weighted by atomic mass is 10.2. The van der Waals surface area contributed by atoms with Crippen LogP contribution in [0.25, 0.3) is 0 Å². The van der Waals surface area contributed by atoms with E-state index in [-0.39, 0.29) is 0 Å². The van der Waals surface area contributed by atoms with E-state index in [1.807, 2.05) is 0 Å². The van der Waals surface area contributed by atoms with E-state index in [0.717, 1.165) is 5.92 Å². The summed E-state index contributed by atoms with van der Waals surface area (Å²) in [6, 6.07) is 4.46. The van der Waals surface area contributed by atoms with Gasteiger partial charge >= 0.3 is 0 Å². The van der Waals surface area contributed by atoms with Crippen LogP contribution in [0.15, 0.2) is 18.3 Å². The Bertz CT molecular complexity index is 274. The molecule has 0 aromatic carbocycles. The zero-order chi connectivity index (χ0) is 7.84. The molecule has 1 heterocycles. The Labute approximate surface area is 67.7 Å². The van der Waals surface area contributed by atoms with Crippen molar-refractivity contribution in [2.75, 3.05) is 0 Å². The molecular weight excluding hydrogens is 134 g/mol. The third-order valence-corrected chi connectivity index (χ3v) is 2.34. The van der Waals surface area contributed by atoms with Crippen LogP contribution in [0.4, 0.5) is 0 Å². The number of rotatable bonds is 1. The van der Waals surface area contributed by atoms with Gasteiger partial charge in [-0.15, -0.1) is 0 Å². The predicted octanol–water partition coefficient (Wildman–Crippen LogP) is 1.70. The van der Waals surface area contributed by atoms with Crippen LogP contribution in [0.1, 0.15) is 30.0 Å². The fraction of sp³-hybridized carbons (Fsp3) is 0.500. The first-order chi connectivity index (χ1) is 5.27. The molecule has 1 aromatic rings. The Hall–Kier alpha value is -0.850. The van der Waals surface area contributed by atoms with E-state index in [4.69, 9.17) is 0 Å². The van der Waals surface area contributed by atoms with Crippen LogP contribution in [0, 0.1) is 6.92 Å². The molecule has 0 amide bonds. The molecule has 1 aromatic heterocycles. The van der Waals surface area contributed by atoms with E-state index in [1.165, 1.54) is 24.1 Å². The molecule has 0 saturated heterocycles. The van der Waals surface area contributed by atoms with Gasteiger partial charge in [-0.25, -0.2) is 4.57 Å². The van der Waals surface area contributed by atoms with E-state index < -0.39 is 0 Å². The SMILES string of the molecule is Cc1cc[n+](C)c(C2CC2)c1. The van der Waals surface area contributed by atoms with Gasteiger partial charge in [0, 0.05) is 18.1 Å². The molecule has 0 atom stereocenters. The average Bonchev–Trinajstić information content (AvgIpc) is 2.76. The second kappa shape index (κ2) is 2.33. The van der Waals surface area contributed by atoms with Crippen LogP contribution in [0.3, 0.4) is 0 Å². The summed E-state index contributed by atoms with van der Waals surface area (Å²) in [6.07, 6.45) is 4.93. The lowest BCUT2D eigenvalue weighted by Gasteiger charge is -1.97. The minimum atomic E-state index is 0.861. The lowest BCUT2D eigenvalue weighted by molar-refractivity contribution is -0.679. The molecule has 0 aliphatic heterocycles. The average molecular weight is 148 g/mol. The van der Waals surface area contributed by atoms with Crippen LogP contribution in [-0.2, 0) is 7.05 Å². The summed E-state index contributed by atoms with van der Waals surface area (Å²) >= 11 is 0. The molecule has 0 unspecified atom stereocenters. The van der Waals surface area contributed by atoms with Crippen molar-refractivity contribution in [3.05, 3.63) is 29.6 Å². The van der Waals surface area contributed by atoms with Crippen LogP contribution < -0.4 is 4.57 Å². The first kappa shape index (κ1) is 6.84. The third kappa shape index (κ3) is 1.28. The number of aromatic nitrogens is 1. The fourth-order valence-corrected chi connectivity index (χ4v) is 1.48. The molecule has 0 N–H and O–H groups in total. The molecule has 1 aliphatic carbocycles. The van der Waals surface area contributed by atoms with Crippen molar-refractivity contribution in [2.24, 2.45) is 7.05 Å². The maximum absolute atomic E-state index is 2.30. The van der Waals surface area contributed by atoms with Crippen molar-refractivity contribution >= 4 is 0 Å². The predicted molar refractivity (Wildman–Crippen MR) is 44.3 cm³/mol. The van der Waals surface area contributed by atoms with Gasteiger partial charge in [0.25, 0.3) is 0 Å². The molecule has 0 bridgehead atoms. The first-order valence-electron chi connectivity index (χ1n) is 4.23. The van der Waals surface area contributed by atoms with Crippen LogP contribution in [0.2, 0.25) is 0 Å². The summed E-state index contributed by atoms with van der Waals surface area (Å²) in [6.45, 7) is 2.16. The maximum Gasteiger partial charge on any atom is 0.184 e. The summed E-state index contributed by atoms with van der Waals surface area (Å²) in [5, 5.41) is 0. The van der Waals surface area contributed by atoms with Gasteiger partial charge in [0.05, 0.1) is 0 Å². The molecule has 1 nitrogen and oxygen atoms in total. The minimum Gasteiger partial charge on any atom is -0.205 e. The molecule has 1 saturated carbocycles. The Kier molecular flexibility index (Phi) is 1.45. The molecular formula is C10H14N+. The summed E-state index contributed by atoms with van der Waals surface area (Å²) in [5.41, 5.74) is 2.88. The summed E-state index contributed by atoms with van der Waals surface area (Å²) in [7, 11) is 2.13. The maximum atomic E-state index is 2.30. The summed E-state index contributed by atoms with van der Waals surface area (Å²) in [4.78, 5) is 0. The zero-order valence-corrected chi connectivity index (χ0v) is 7.17. The van der Waals surface area contributed by atoms with E-state index in [9.17, 15) is 0 Å². The number of nitrogens with zero attached hydrogens (tertiary/aromatic N) is 1. The van der Waals surface area contributed by atoms with Crippen molar-refractivity contribution in [1.82, 2.24) is 0 Å². The molecule has 0 spiro atoms. The topological polar surface area (TPSA) is 3.88 Å². The second-order valence-electron chi connectivity index (χ2n) is 3.51. The molecule has 0 radical (unpaired) electrons. The second-order valence-corrected chi connectivity index (χ2v) is 3.51. The number of aryl methyl sites for hydroxylation is 2. The van der Waals surface area contributed by atoms with Crippen molar-refractivity contribution in [1.29, 1.82) is 0 Å². The molecule has 2 rings (SSSR count). The van der Waals surface area contributed by atoms with Gasteiger partial charge in [0.15, 0.2) is 11.9 Å². The number of hydrogen-bond acceptors (Lipinski definition) is 0. The molecule has 1 heteroatoms. The summed E-state index contributed by atoms with van der Waals surface area (Å²) in [5.74, 6) is 0.861. The van der Waals surface area contributed by atoms with Gasteiger partial charge in [-0.05, 0) is 25.3 Å². The minimum absolute atomic E-state index is 0.861. The Balaban J connectivity index is 2.42. The third-order valence-electron chi connectivity index (χ3n) is 2.34. The highest BCUT2D eigenvalue weighted by Crippen LogP contribution is 2.38. The first-order valence-corrected chi connectivity index (χ1v) is 4.23. The largest absolute Gasteiger partial charge is 0.205 e. The zero-order valence-electron chi connectivity index (χ0n) is 7.17. The van der Waals surface area contributed by atoms with Gasteiger partial charge in [-0.1, -0.05) is 0 Å². The van der Waals surface area contributed by atoms with Gasteiger partial charge in [-0.2, -0.15) is 0 Å². The number of hydrogen-bond donors (Lipinski definition) is 0. The normalized spacial score (nSPS) is 16.9. The molecule has 11 heavy (non-hydrogen) atoms. The van der Waals surface area contributed by atoms with E-state index in [1.54, 1.807) is 0 Å². The number of pyridine rings is 1. The van der Waals surface area contributed by atoms with E-state index in [0.29, 0.717) is 0 Å². The van der Waals surface area contributed by atoms with Gasteiger partial charge in [0.1, 0.15) is 7.05 Å². The van der Waals surface area contributed by atoms with Crippen LogP contribution in [-0.4, -0.2) is 0 Å². The smallest absolute Gasteiger partial charge is 0.184 e. The fourth-order valence-electron chi connectivity index (χ4n) is 1.48. The van der Waals surface area contributed by atoms with Crippen molar-refractivity contribution in [2.45, 2.75) is 25.7 Å². The van der Waals surface area contributed by atoms with E-state index in [2.05, 4.69) is 36.9 Å². The highest BCUT2D eigenvalue weighted by molar-refractivity contribution is 5.16. The monoisotopic (exact) mass is 148 g/mol. The molecule has 1 aliphatic rings. The van der Waals surface area contributed by atoms with Crippen LogP contribution in [0.5, 0.6) is 0 Å². The Morgan fingerprint density at radius 2 is 2.18 bits per heavy atom. The van der Waals surface area contributed by atoms with Crippen molar-refractivity contribution < 1.29 is 4.57 Å². The summed E-state index contributed by atoms with van der Waals surface area (Å²) < 4.78 is 2.24. The van der Waals surface area contributed by atoms with Gasteiger partial charge < -0.3 is 0 Å².